The fourth-order valence-corrected chi connectivity index (χ4v) is 4.00. The quantitative estimate of drug-likeness (QED) is 0.403. The minimum absolute atomic E-state index is 0.135. The Morgan fingerprint density at radius 2 is 1.90 bits per heavy atom. The number of nitrogens with zero attached hydrogens (tertiary/aromatic N) is 3. The predicted molar refractivity (Wildman–Crippen MR) is 115 cm³/mol. The molecule has 5 heteroatoms. The number of likely N-dealkylation sites (tertiary alicyclic amines) is 1. The fraction of sp³-hybridized carbons (Fsp3) is 0.333. The van der Waals surface area contributed by atoms with Gasteiger partial charge in [0.05, 0.1) is 17.6 Å². The molecule has 1 atom stereocenters. The van der Waals surface area contributed by atoms with Crippen molar-refractivity contribution in [3.8, 4) is 5.75 Å². The number of imidazole rings is 1. The van der Waals surface area contributed by atoms with Crippen molar-refractivity contribution < 1.29 is 9.53 Å². The molecule has 5 nitrogen and oxygen atoms in total. The summed E-state index contributed by atoms with van der Waals surface area (Å²) in [5.74, 6) is 2.25. The number of aryl methyl sites for hydroxylation is 1. The first kappa shape index (κ1) is 19.2. The molecule has 0 spiro atoms. The number of benzene rings is 2. The van der Waals surface area contributed by atoms with Crippen LogP contribution in [0.1, 0.15) is 31.0 Å². The van der Waals surface area contributed by atoms with Crippen molar-refractivity contribution >= 4 is 16.9 Å². The van der Waals surface area contributed by atoms with Gasteiger partial charge in [-0.2, -0.15) is 0 Å². The highest BCUT2D eigenvalue weighted by atomic mass is 16.5. The van der Waals surface area contributed by atoms with E-state index in [0.717, 1.165) is 42.0 Å². The monoisotopic (exact) mass is 389 g/mol. The Bertz CT molecular complexity index is 980. The zero-order valence-corrected chi connectivity index (χ0v) is 16.7. The maximum absolute atomic E-state index is 12.3. The lowest BCUT2D eigenvalue weighted by Crippen LogP contribution is -2.25. The maximum atomic E-state index is 12.3. The van der Waals surface area contributed by atoms with Gasteiger partial charge in [-0.25, -0.2) is 4.98 Å². The molecule has 0 bridgehead atoms. The van der Waals surface area contributed by atoms with Crippen LogP contribution in [0, 0.1) is 0 Å². The minimum Gasteiger partial charge on any atom is -0.494 e. The molecule has 1 saturated heterocycles. The molecule has 2 aromatic carbocycles. The summed E-state index contributed by atoms with van der Waals surface area (Å²) in [5, 5.41) is 0. The van der Waals surface area contributed by atoms with Gasteiger partial charge >= 0.3 is 0 Å². The second-order valence-electron chi connectivity index (χ2n) is 7.47. The molecule has 150 valence electrons. The highest BCUT2D eigenvalue weighted by molar-refractivity contribution is 5.81. The molecule has 1 fully saturated rings. The fourth-order valence-electron chi connectivity index (χ4n) is 4.00. The number of hydrogen-bond acceptors (Lipinski definition) is 3. The minimum atomic E-state index is 0.135. The molecular formula is C24H27N3O2. The van der Waals surface area contributed by atoms with Gasteiger partial charge in [0.25, 0.3) is 0 Å². The molecule has 1 unspecified atom stereocenters. The maximum Gasteiger partial charge on any atom is 0.223 e. The summed E-state index contributed by atoms with van der Waals surface area (Å²) >= 11 is 0. The van der Waals surface area contributed by atoms with Crippen molar-refractivity contribution in [2.24, 2.45) is 0 Å². The van der Waals surface area contributed by atoms with Crippen molar-refractivity contribution in [2.45, 2.75) is 31.7 Å². The van der Waals surface area contributed by atoms with Crippen LogP contribution < -0.4 is 4.74 Å². The van der Waals surface area contributed by atoms with Crippen LogP contribution in [-0.4, -0.2) is 40.1 Å². The van der Waals surface area contributed by atoms with Crippen LogP contribution in [0.15, 0.2) is 67.3 Å². The van der Waals surface area contributed by atoms with Gasteiger partial charge in [0.15, 0.2) is 0 Å². The number of para-hydroxylation sites is 3. The molecule has 0 N–H and O–H groups in total. The first-order valence-corrected chi connectivity index (χ1v) is 10.3. The predicted octanol–water partition coefficient (Wildman–Crippen LogP) is 4.40. The van der Waals surface area contributed by atoms with E-state index in [0.29, 0.717) is 26.1 Å². The molecule has 1 aromatic heterocycles. The zero-order valence-electron chi connectivity index (χ0n) is 16.7. The molecule has 0 saturated carbocycles. The van der Waals surface area contributed by atoms with E-state index >= 15 is 0 Å². The van der Waals surface area contributed by atoms with Gasteiger partial charge in [0, 0.05) is 32.0 Å². The number of hydrogen-bond donors (Lipinski definition) is 0. The van der Waals surface area contributed by atoms with Gasteiger partial charge in [-0.1, -0.05) is 36.4 Å². The average molecular weight is 389 g/mol. The van der Waals surface area contributed by atoms with Crippen LogP contribution in [0.5, 0.6) is 5.75 Å². The Balaban J connectivity index is 1.44. The average Bonchev–Trinajstić information content (AvgIpc) is 3.29. The van der Waals surface area contributed by atoms with E-state index in [1.165, 1.54) is 0 Å². The van der Waals surface area contributed by atoms with Crippen LogP contribution in [0.3, 0.4) is 0 Å². The van der Waals surface area contributed by atoms with Crippen molar-refractivity contribution in [1.29, 1.82) is 0 Å². The summed E-state index contributed by atoms with van der Waals surface area (Å²) in [6, 6.07) is 18.1. The van der Waals surface area contributed by atoms with Crippen LogP contribution in [0.2, 0.25) is 0 Å². The van der Waals surface area contributed by atoms with E-state index in [9.17, 15) is 4.79 Å². The third-order valence-electron chi connectivity index (χ3n) is 5.40. The van der Waals surface area contributed by atoms with E-state index in [1.807, 2.05) is 53.4 Å². The van der Waals surface area contributed by atoms with Gasteiger partial charge in [0.1, 0.15) is 11.6 Å². The second-order valence-corrected chi connectivity index (χ2v) is 7.47. The largest absolute Gasteiger partial charge is 0.494 e. The zero-order chi connectivity index (χ0) is 20.1. The summed E-state index contributed by atoms with van der Waals surface area (Å²) in [6.07, 6.45) is 4.27. The molecule has 0 radical (unpaired) electrons. The Labute approximate surface area is 171 Å². The molecule has 29 heavy (non-hydrogen) atoms. The highest BCUT2D eigenvalue weighted by Crippen LogP contribution is 2.30. The summed E-state index contributed by atoms with van der Waals surface area (Å²) < 4.78 is 8.11. The third-order valence-corrected chi connectivity index (χ3v) is 5.40. The first-order valence-electron chi connectivity index (χ1n) is 10.3. The van der Waals surface area contributed by atoms with Crippen molar-refractivity contribution in [2.75, 3.05) is 19.7 Å². The van der Waals surface area contributed by atoms with Gasteiger partial charge in [-0.15, -0.1) is 6.58 Å². The number of carbonyl (C=O) groups is 1. The first-order chi connectivity index (χ1) is 14.3. The van der Waals surface area contributed by atoms with E-state index in [-0.39, 0.29) is 11.8 Å². The third kappa shape index (κ3) is 4.34. The number of rotatable bonds is 9. The molecule has 3 aromatic rings. The Hall–Kier alpha value is -3.08. The summed E-state index contributed by atoms with van der Waals surface area (Å²) in [4.78, 5) is 19.1. The van der Waals surface area contributed by atoms with E-state index < -0.39 is 0 Å². The van der Waals surface area contributed by atoms with Crippen molar-refractivity contribution in [3.63, 3.8) is 0 Å². The summed E-state index contributed by atoms with van der Waals surface area (Å²) in [7, 11) is 0. The highest BCUT2D eigenvalue weighted by Gasteiger charge is 2.33. The van der Waals surface area contributed by atoms with E-state index in [2.05, 4.69) is 17.2 Å². The number of unbranched alkanes of at least 4 members (excludes halogenated alkanes) is 1. The standard InChI is InChI=1S/C24H27N3O2/c1-2-14-26-18-19(17-23(26)28)24-25-21-12-6-7-13-22(21)27(24)15-8-9-16-29-20-10-4-3-5-11-20/h2-7,10-13,19H,1,8-9,14-18H2. The van der Waals surface area contributed by atoms with Crippen molar-refractivity contribution in [3.05, 3.63) is 73.1 Å². The lowest BCUT2D eigenvalue weighted by molar-refractivity contribution is -0.127. The SMILES string of the molecule is C=CCN1CC(c2nc3ccccc3n2CCCCOc2ccccc2)CC1=O. The molecule has 4 rings (SSSR count). The molecule has 1 amide bonds. The molecule has 1 aliphatic rings. The number of aromatic nitrogens is 2. The number of amides is 1. The number of ether oxygens (including phenoxy) is 1. The Morgan fingerprint density at radius 3 is 2.72 bits per heavy atom. The van der Waals surface area contributed by atoms with Gasteiger partial charge in [-0.05, 0) is 37.1 Å². The van der Waals surface area contributed by atoms with Gasteiger partial charge < -0.3 is 14.2 Å². The molecule has 0 aliphatic carbocycles. The van der Waals surface area contributed by atoms with Crippen LogP contribution >= 0.6 is 0 Å². The Morgan fingerprint density at radius 1 is 1.10 bits per heavy atom. The van der Waals surface area contributed by atoms with Gasteiger partial charge in [0.2, 0.25) is 5.91 Å². The lowest BCUT2D eigenvalue weighted by atomic mass is 10.1. The van der Waals surface area contributed by atoms with Crippen LogP contribution in [0.25, 0.3) is 11.0 Å². The van der Waals surface area contributed by atoms with Gasteiger partial charge in [-0.3, -0.25) is 4.79 Å². The Kier molecular flexibility index (Phi) is 5.94. The second kappa shape index (κ2) is 8.95. The van der Waals surface area contributed by atoms with Crippen LogP contribution in [0.4, 0.5) is 0 Å². The normalized spacial score (nSPS) is 16.5. The molecule has 2 heterocycles. The topological polar surface area (TPSA) is 47.4 Å². The number of carbonyl (C=O) groups excluding carboxylic acids is 1. The van der Waals surface area contributed by atoms with Crippen molar-refractivity contribution in [1.82, 2.24) is 14.5 Å². The smallest absolute Gasteiger partial charge is 0.223 e. The molecular weight excluding hydrogens is 362 g/mol. The van der Waals surface area contributed by atoms with E-state index in [4.69, 9.17) is 9.72 Å². The van der Waals surface area contributed by atoms with Crippen LogP contribution in [-0.2, 0) is 11.3 Å². The van der Waals surface area contributed by atoms with E-state index in [1.54, 1.807) is 6.08 Å². The molecule has 1 aliphatic heterocycles. The lowest BCUT2D eigenvalue weighted by Gasteiger charge is -2.15. The number of fused-ring (bicyclic) bond motifs is 1. The summed E-state index contributed by atoms with van der Waals surface area (Å²) in [6.45, 7) is 6.65. The summed E-state index contributed by atoms with van der Waals surface area (Å²) in [5.41, 5.74) is 2.14.